The van der Waals surface area contributed by atoms with E-state index in [-0.39, 0.29) is 38.6 Å². The molecule has 0 saturated heterocycles. The number of rotatable bonds is 2. The van der Waals surface area contributed by atoms with Crippen LogP contribution in [0.15, 0.2) is 0 Å². The molecule has 0 aromatic heterocycles. The van der Waals surface area contributed by atoms with E-state index in [2.05, 4.69) is 25.3 Å². The van der Waals surface area contributed by atoms with Gasteiger partial charge in [-0.15, -0.1) is 0 Å². The number of hydrogen-bond donors (Lipinski definition) is 4. The normalized spacial score (nSPS) is 10.5. The van der Waals surface area contributed by atoms with Gasteiger partial charge in [-0.25, -0.2) is 10.5 Å². The molecule has 0 aliphatic rings. The minimum Gasteiger partial charge on any atom is -0.696 e. The summed E-state index contributed by atoms with van der Waals surface area (Å²) in [5.74, 6) is 0. The smallest absolute Gasteiger partial charge is 0.696 e. The average molecular weight is 407 g/mol. The van der Waals surface area contributed by atoms with Crippen LogP contribution in [-0.2, 0) is 41.7 Å². The van der Waals surface area contributed by atoms with Crippen molar-refractivity contribution < 1.29 is 16.5 Å². The molecule has 0 unspecified atom stereocenters. The second-order valence-electron chi connectivity index (χ2n) is 7.07. The zero-order valence-corrected chi connectivity index (χ0v) is 18.0. The fourth-order valence-corrected chi connectivity index (χ4v) is 0. The molecule has 0 fully saturated rings. The van der Waals surface area contributed by atoms with Crippen LogP contribution in [0.5, 0.6) is 0 Å². The summed E-state index contributed by atoms with van der Waals surface area (Å²) in [6, 6.07) is 0. The van der Waals surface area contributed by atoms with Gasteiger partial charge >= 0.3 is 16.5 Å². The first-order valence-electron chi connectivity index (χ1n) is 6.51. The number of nitrogens with zero attached hydrogens (tertiary/aromatic N) is 2. The van der Waals surface area contributed by atoms with Gasteiger partial charge in [0.05, 0.1) is 0 Å². The summed E-state index contributed by atoms with van der Waals surface area (Å²) in [5.41, 5.74) is 21.6. The maximum absolute atomic E-state index is 7.13. The molecule has 0 aliphatic heterocycles. The van der Waals surface area contributed by atoms with Gasteiger partial charge in [0.1, 0.15) is 0 Å². The van der Waals surface area contributed by atoms with Gasteiger partial charge in [-0.05, 0) is 55.4 Å². The van der Waals surface area contributed by atoms with E-state index < -0.39 is 0 Å². The van der Waals surface area contributed by atoms with Gasteiger partial charge < -0.3 is 48.2 Å². The Hall–Kier alpha value is -0.246. The number of nitrogens with two attached hydrogens (primary N) is 4. The summed E-state index contributed by atoms with van der Waals surface area (Å²) in [6.45, 7) is 15.4. The molecule has 9 heteroatoms. The standard InChI is InChI=1S/2C6H16N2.2CHNS.Ni/c2*1-5(2,7)6(3,4)8;2*2-1-3;/h2*7-8H2,1-4H3;2*3H;/q;;;;+2/p-2. The molecule has 0 radical (unpaired) electrons. The van der Waals surface area contributed by atoms with Crippen LogP contribution >= 0.6 is 0 Å². The Bertz CT molecular complexity index is 288. The van der Waals surface area contributed by atoms with Gasteiger partial charge in [0.15, 0.2) is 0 Å². The summed E-state index contributed by atoms with van der Waals surface area (Å²) in [7, 11) is 0. The molecule has 140 valence electrons. The topological polar surface area (TPSA) is 152 Å². The van der Waals surface area contributed by atoms with Crippen LogP contribution in [0, 0.1) is 21.3 Å². The van der Waals surface area contributed by atoms with Crippen molar-refractivity contribution >= 4 is 25.3 Å². The molecule has 8 N–H and O–H groups in total. The summed E-state index contributed by atoms with van der Waals surface area (Å²) < 4.78 is 0. The minimum absolute atomic E-state index is 0. The van der Waals surface area contributed by atoms with Crippen molar-refractivity contribution in [2.45, 2.75) is 77.5 Å². The van der Waals surface area contributed by atoms with Crippen molar-refractivity contribution in [1.82, 2.24) is 0 Å². The van der Waals surface area contributed by atoms with Crippen molar-refractivity contribution in [2.24, 2.45) is 22.9 Å². The molecule has 0 rings (SSSR count). The maximum atomic E-state index is 7.13. The van der Waals surface area contributed by atoms with Gasteiger partial charge in [0.2, 0.25) is 0 Å². The molecular formula is C14H32N6NiS2. The molecule has 0 spiro atoms. The zero-order chi connectivity index (χ0) is 19.4. The molecule has 0 heterocycles. The summed E-state index contributed by atoms with van der Waals surface area (Å²) in [4.78, 5) is 0. The molecule has 0 aliphatic carbocycles. The monoisotopic (exact) mass is 406 g/mol. The van der Waals surface area contributed by atoms with E-state index in [1.807, 2.05) is 55.4 Å². The van der Waals surface area contributed by atoms with Crippen LogP contribution < -0.4 is 22.9 Å². The molecule has 0 amide bonds. The molecule has 0 aromatic carbocycles. The van der Waals surface area contributed by atoms with Gasteiger partial charge in [0.25, 0.3) is 0 Å². The summed E-state index contributed by atoms with van der Waals surface area (Å²) in [6.07, 6.45) is 0. The second kappa shape index (κ2) is 14.1. The summed E-state index contributed by atoms with van der Waals surface area (Å²) in [5, 5.41) is 16.9. The van der Waals surface area contributed by atoms with Crippen LogP contribution in [0.2, 0.25) is 0 Å². The maximum Gasteiger partial charge on any atom is 2.00 e. The zero-order valence-electron chi connectivity index (χ0n) is 15.3. The van der Waals surface area contributed by atoms with Crippen LogP contribution in [0.3, 0.4) is 0 Å². The Labute approximate surface area is 163 Å². The third-order valence-electron chi connectivity index (χ3n) is 3.32. The van der Waals surface area contributed by atoms with E-state index >= 15 is 0 Å². The van der Waals surface area contributed by atoms with Gasteiger partial charge in [-0.1, -0.05) is 10.8 Å². The predicted octanol–water partition coefficient (Wildman–Crippen LogP) is 0.948. The Balaban J connectivity index is -0.0000000680. The first-order valence-corrected chi connectivity index (χ1v) is 7.33. The quantitative estimate of drug-likeness (QED) is 0.300. The Kier molecular flexibility index (Phi) is 21.0. The number of thiocyanates is 2. The fraction of sp³-hybridized carbons (Fsp3) is 0.857. The Morgan fingerprint density at radius 3 is 0.609 bits per heavy atom. The molecule has 6 nitrogen and oxygen atoms in total. The van der Waals surface area contributed by atoms with Crippen molar-refractivity contribution in [3.63, 3.8) is 0 Å². The van der Waals surface area contributed by atoms with E-state index in [9.17, 15) is 0 Å². The molecule has 0 aromatic rings. The van der Waals surface area contributed by atoms with Gasteiger partial charge in [-0.2, -0.15) is 0 Å². The molecule has 0 bridgehead atoms. The van der Waals surface area contributed by atoms with Crippen molar-refractivity contribution in [3.8, 4) is 10.8 Å². The first kappa shape index (κ1) is 34.2. The van der Waals surface area contributed by atoms with Crippen LogP contribution in [0.4, 0.5) is 0 Å². The van der Waals surface area contributed by atoms with Crippen molar-refractivity contribution in [2.75, 3.05) is 0 Å². The minimum atomic E-state index is -0.285. The molecular weight excluding hydrogens is 375 g/mol. The third kappa shape index (κ3) is 26.9. The largest absolute Gasteiger partial charge is 2.00 e. The SMILES string of the molecule is CC(C)(N)C(C)(C)N.CC(C)(N)C(C)(C)N.N#C[S-].N#C[S-].[Ni+2]. The predicted molar refractivity (Wildman–Crippen MR) is 99.0 cm³/mol. The van der Waals surface area contributed by atoms with Crippen LogP contribution in [-0.4, -0.2) is 22.2 Å². The van der Waals surface area contributed by atoms with Crippen LogP contribution in [0.1, 0.15) is 55.4 Å². The Morgan fingerprint density at radius 2 is 0.609 bits per heavy atom. The van der Waals surface area contributed by atoms with Gasteiger partial charge in [0, 0.05) is 22.2 Å². The van der Waals surface area contributed by atoms with E-state index in [1.165, 1.54) is 10.8 Å². The summed E-state index contributed by atoms with van der Waals surface area (Å²) >= 11 is 7.40. The fourth-order valence-electron chi connectivity index (χ4n) is 0. The first-order chi connectivity index (χ1) is 9.33. The number of hydrogen-bond acceptors (Lipinski definition) is 8. The van der Waals surface area contributed by atoms with Gasteiger partial charge in [-0.3, -0.25) is 0 Å². The molecule has 0 saturated carbocycles. The van der Waals surface area contributed by atoms with E-state index in [0.717, 1.165) is 0 Å². The average Bonchev–Trinajstić information content (AvgIpc) is 2.13. The second-order valence-corrected chi connectivity index (χ2v) is 7.43. The van der Waals surface area contributed by atoms with Crippen LogP contribution in [0.25, 0.3) is 0 Å². The van der Waals surface area contributed by atoms with Crippen molar-refractivity contribution in [3.05, 3.63) is 0 Å². The van der Waals surface area contributed by atoms with Crippen molar-refractivity contribution in [1.29, 1.82) is 10.5 Å². The molecule has 23 heavy (non-hydrogen) atoms. The van der Waals surface area contributed by atoms with E-state index in [1.54, 1.807) is 0 Å². The molecule has 0 atom stereocenters. The van der Waals surface area contributed by atoms with E-state index in [4.69, 9.17) is 33.5 Å². The Morgan fingerprint density at radius 1 is 0.565 bits per heavy atom. The third-order valence-corrected chi connectivity index (χ3v) is 3.32. The van der Waals surface area contributed by atoms with E-state index in [0.29, 0.717) is 0 Å². The number of nitriles is 2.